The predicted octanol–water partition coefficient (Wildman–Crippen LogP) is 6.66. The van der Waals surface area contributed by atoms with Crippen LogP contribution in [0.3, 0.4) is 0 Å². The Morgan fingerprint density at radius 1 is 1.14 bits per heavy atom. The molecule has 0 spiro atoms. The third kappa shape index (κ3) is 6.60. The number of rotatable bonds is 9. The minimum absolute atomic E-state index is 0.0509. The van der Waals surface area contributed by atoms with Crippen LogP contribution in [0.2, 0.25) is 5.02 Å². The van der Waals surface area contributed by atoms with Crippen LogP contribution < -0.4 is 14.8 Å². The first kappa shape index (κ1) is 27.1. The molecule has 0 unspecified atom stereocenters. The van der Waals surface area contributed by atoms with Gasteiger partial charge < -0.3 is 14.8 Å². The molecule has 0 bridgehead atoms. The van der Waals surface area contributed by atoms with Gasteiger partial charge in [0.25, 0.3) is 11.6 Å². The number of non-ortho nitro benzene ring substituents is 1. The van der Waals surface area contributed by atoms with Crippen molar-refractivity contribution in [1.82, 2.24) is 0 Å². The Bertz CT molecular complexity index is 1470. The SMILES string of the molecule is CCOc1cc(/C=C(\C#N)C(=O)Nc2ccccc2Cl)cc(Br)c1Oc1ccc([N+](=O)[O-])cc1[N+](=O)[O-]. The molecule has 0 radical (unpaired) electrons. The second kappa shape index (κ2) is 12.0. The lowest BCUT2D eigenvalue weighted by Gasteiger charge is -2.14. The highest BCUT2D eigenvalue weighted by Crippen LogP contribution is 2.43. The predicted molar refractivity (Wildman–Crippen MR) is 139 cm³/mol. The van der Waals surface area contributed by atoms with E-state index in [0.29, 0.717) is 16.3 Å². The van der Waals surface area contributed by atoms with Gasteiger partial charge in [0.05, 0.1) is 37.7 Å². The van der Waals surface area contributed by atoms with Crippen molar-refractivity contribution in [2.45, 2.75) is 6.92 Å². The van der Waals surface area contributed by atoms with Gasteiger partial charge >= 0.3 is 5.69 Å². The number of nitrogens with one attached hydrogen (secondary N) is 1. The number of nitro benzene ring substituents is 2. The molecule has 0 aliphatic rings. The Hall–Kier alpha value is -4.47. The van der Waals surface area contributed by atoms with Crippen LogP contribution in [0.1, 0.15) is 12.5 Å². The fourth-order valence-corrected chi connectivity index (χ4v) is 3.78. The molecule has 0 saturated carbocycles. The molecule has 0 fully saturated rings. The van der Waals surface area contributed by atoms with Crippen molar-refractivity contribution in [2.75, 3.05) is 11.9 Å². The Labute approximate surface area is 223 Å². The number of hydrogen-bond acceptors (Lipinski definition) is 8. The van der Waals surface area contributed by atoms with E-state index in [1.54, 1.807) is 31.2 Å². The van der Waals surface area contributed by atoms with E-state index in [1.807, 2.05) is 6.07 Å². The van der Waals surface area contributed by atoms with Crippen LogP contribution in [-0.2, 0) is 4.79 Å². The van der Waals surface area contributed by atoms with E-state index in [0.717, 1.165) is 18.2 Å². The summed E-state index contributed by atoms with van der Waals surface area (Å²) >= 11 is 9.39. The van der Waals surface area contributed by atoms with Gasteiger partial charge in [0.15, 0.2) is 11.5 Å². The van der Waals surface area contributed by atoms with E-state index in [4.69, 9.17) is 21.1 Å². The highest BCUT2D eigenvalue weighted by Gasteiger charge is 2.24. The molecule has 13 heteroatoms. The number of carbonyl (C=O) groups is 1. The number of benzene rings is 3. The lowest BCUT2D eigenvalue weighted by molar-refractivity contribution is -0.394. The zero-order valence-electron chi connectivity index (χ0n) is 18.9. The van der Waals surface area contributed by atoms with Crippen molar-refractivity contribution >= 4 is 56.6 Å². The van der Waals surface area contributed by atoms with Gasteiger partial charge in [0, 0.05) is 6.07 Å². The molecule has 0 saturated heterocycles. The normalized spacial score (nSPS) is 10.8. The van der Waals surface area contributed by atoms with Crippen molar-refractivity contribution in [3.63, 3.8) is 0 Å². The third-order valence-electron chi connectivity index (χ3n) is 4.69. The highest BCUT2D eigenvalue weighted by molar-refractivity contribution is 9.10. The van der Waals surface area contributed by atoms with Crippen molar-refractivity contribution in [3.8, 4) is 23.3 Å². The number of nitro groups is 2. The quantitative estimate of drug-likeness (QED) is 0.126. The first-order valence-corrected chi connectivity index (χ1v) is 11.6. The molecule has 0 aromatic heterocycles. The maximum atomic E-state index is 12.6. The second-order valence-electron chi connectivity index (χ2n) is 7.14. The van der Waals surface area contributed by atoms with E-state index < -0.39 is 27.1 Å². The van der Waals surface area contributed by atoms with Gasteiger partial charge in [-0.25, -0.2) is 0 Å². The largest absolute Gasteiger partial charge is 0.490 e. The van der Waals surface area contributed by atoms with Crippen LogP contribution in [0.25, 0.3) is 6.08 Å². The summed E-state index contributed by atoms with van der Waals surface area (Å²) in [5.74, 6) is -0.751. The highest BCUT2D eigenvalue weighted by atomic mass is 79.9. The number of para-hydroxylation sites is 1. The van der Waals surface area contributed by atoms with Gasteiger partial charge in [-0.05, 0) is 64.8 Å². The summed E-state index contributed by atoms with van der Waals surface area (Å²) in [5.41, 5.74) is -0.598. The van der Waals surface area contributed by atoms with Crippen LogP contribution >= 0.6 is 27.5 Å². The maximum Gasteiger partial charge on any atom is 0.318 e. The Morgan fingerprint density at radius 2 is 1.86 bits per heavy atom. The maximum absolute atomic E-state index is 12.6. The zero-order valence-corrected chi connectivity index (χ0v) is 21.3. The zero-order chi connectivity index (χ0) is 27.1. The summed E-state index contributed by atoms with van der Waals surface area (Å²) in [5, 5.41) is 34.9. The summed E-state index contributed by atoms with van der Waals surface area (Å²) in [7, 11) is 0. The van der Waals surface area contributed by atoms with E-state index >= 15 is 0 Å². The molecular weight excluding hydrogens is 572 g/mol. The summed E-state index contributed by atoms with van der Waals surface area (Å²) in [6.07, 6.45) is 1.32. The molecule has 0 heterocycles. The third-order valence-corrected chi connectivity index (χ3v) is 5.61. The van der Waals surface area contributed by atoms with E-state index in [-0.39, 0.29) is 33.9 Å². The van der Waals surface area contributed by atoms with Crippen molar-refractivity contribution in [1.29, 1.82) is 5.26 Å². The summed E-state index contributed by atoms with van der Waals surface area (Å²) in [6.45, 7) is 1.89. The number of carbonyl (C=O) groups excluding carboxylic acids is 1. The number of anilines is 1. The standard InChI is InChI=1S/C24H16BrClN4O7/c1-2-36-22-11-14(9-15(13-27)24(31)28-19-6-4-3-5-18(19)26)10-17(25)23(22)37-21-8-7-16(29(32)33)12-20(21)30(34)35/h3-12H,2H2,1H3,(H,28,31)/b15-9+. The Balaban J connectivity index is 1.99. The van der Waals surface area contributed by atoms with Crippen LogP contribution in [0, 0.1) is 31.6 Å². The minimum atomic E-state index is -0.801. The van der Waals surface area contributed by atoms with Gasteiger partial charge in [-0.1, -0.05) is 23.7 Å². The number of halogens is 2. The molecule has 3 aromatic carbocycles. The average molecular weight is 588 g/mol. The van der Waals surface area contributed by atoms with Crippen molar-refractivity contribution in [2.24, 2.45) is 0 Å². The second-order valence-corrected chi connectivity index (χ2v) is 8.40. The van der Waals surface area contributed by atoms with Crippen LogP contribution in [0.15, 0.2) is 64.6 Å². The molecule has 0 aliphatic carbocycles. The lowest BCUT2D eigenvalue weighted by atomic mass is 10.1. The lowest BCUT2D eigenvalue weighted by Crippen LogP contribution is -2.13. The molecule has 3 aromatic rings. The van der Waals surface area contributed by atoms with Crippen molar-refractivity contribution in [3.05, 3.63) is 95.5 Å². The first-order valence-electron chi connectivity index (χ1n) is 10.4. The molecule has 0 atom stereocenters. The summed E-state index contributed by atoms with van der Waals surface area (Å²) in [4.78, 5) is 33.6. The van der Waals surface area contributed by atoms with Gasteiger partial charge in [-0.3, -0.25) is 25.0 Å². The minimum Gasteiger partial charge on any atom is -0.490 e. The van der Waals surface area contributed by atoms with Gasteiger partial charge in [-0.15, -0.1) is 0 Å². The number of hydrogen-bond donors (Lipinski definition) is 1. The molecule has 37 heavy (non-hydrogen) atoms. The first-order chi connectivity index (χ1) is 17.6. The number of amides is 1. The number of nitriles is 1. The van der Waals surface area contributed by atoms with Crippen LogP contribution in [0.5, 0.6) is 17.2 Å². The monoisotopic (exact) mass is 586 g/mol. The molecule has 11 nitrogen and oxygen atoms in total. The van der Waals surface area contributed by atoms with Gasteiger partial charge in [-0.2, -0.15) is 5.26 Å². The topological polar surface area (TPSA) is 158 Å². The van der Waals surface area contributed by atoms with E-state index in [2.05, 4.69) is 21.2 Å². The van der Waals surface area contributed by atoms with E-state index in [1.165, 1.54) is 18.2 Å². The van der Waals surface area contributed by atoms with E-state index in [9.17, 15) is 30.3 Å². The van der Waals surface area contributed by atoms with Crippen LogP contribution in [-0.4, -0.2) is 22.4 Å². The average Bonchev–Trinajstić information content (AvgIpc) is 2.86. The molecule has 1 N–H and O–H groups in total. The smallest absolute Gasteiger partial charge is 0.318 e. The molecule has 1 amide bonds. The Kier molecular flexibility index (Phi) is 8.78. The Morgan fingerprint density at radius 3 is 2.49 bits per heavy atom. The van der Waals surface area contributed by atoms with Crippen molar-refractivity contribution < 1.29 is 24.1 Å². The number of nitrogens with zero attached hydrogens (tertiary/aromatic N) is 3. The fraction of sp³-hybridized carbons (Fsp3) is 0.0833. The summed E-state index contributed by atoms with van der Waals surface area (Å²) in [6, 6.07) is 14.3. The number of ether oxygens (including phenoxy) is 2. The fourth-order valence-electron chi connectivity index (χ4n) is 3.06. The summed E-state index contributed by atoms with van der Waals surface area (Å²) < 4.78 is 11.6. The van der Waals surface area contributed by atoms with Crippen LogP contribution in [0.4, 0.5) is 17.1 Å². The molecule has 3 rings (SSSR count). The van der Waals surface area contributed by atoms with Gasteiger partial charge in [0.1, 0.15) is 11.6 Å². The van der Waals surface area contributed by atoms with Gasteiger partial charge in [0.2, 0.25) is 5.75 Å². The molecule has 188 valence electrons. The molecule has 0 aliphatic heterocycles. The molecular formula is C24H16BrClN4O7.